The summed E-state index contributed by atoms with van der Waals surface area (Å²) in [5.41, 5.74) is 8.83. The van der Waals surface area contributed by atoms with Gasteiger partial charge < -0.3 is 15.4 Å². The van der Waals surface area contributed by atoms with E-state index in [1.54, 1.807) is 0 Å². The Morgan fingerprint density at radius 3 is 3.06 bits per heavy atom. The van der Waals surface area contributed by atoms with Crippen LogP contribution in [0.1, 0.15) is 18.9 Å². The smallest absolute Gasteiger partial charge is 0.0482 e. The molecule has 1 aliphatic heterocycles. The predicted octanol–water partition coefficient (Wildman–Crippen LogP) is 1.80. The van der Waals surface area contributed by atoms with Gasteiger partial charge in [-0.15, -0.1) is 0 Å². The van der Waals surface area contributed by atoms with Crippen LogP contribution in [0.3, 0.4) is 0 Å². The Kier molecular flexibility index (Phi) is 4.40. The van der Waals surface area contributed by atoms with Crippen LogP contribution in [0.2, 0.25) is 0 Å². The lowest BCUT2D eigenvalue weighted by Gasteiger charge is -2.34. The first-order valence-corrected chi connectivity index (χ1v) is 6.47. The molecule has 0 fully saturated rings. The van der Waals surface area contributed by atoms with Crippen LogP contribution in [0, 0.1) is 0 Å². The number of nitrogens with zero attached hydrogens (tertiary/aromatic N) is 1. The minimum absolute atomic E-state index is 0.261. The molecular weight excluding hydrogens is 212 g/mol. The standard InChI is InChI=1S/C14H22N2O/c1-2-17-9-5-8-16-11-13(15)10-12-6-3-4-7-14(12)16/h3-4,6-7,13H,2,5,8-11,15H2,1H3. The SMILES string of the molecule is CCOCCCN1CC(N)Cc2ccccc21. The molecule has 1 heterocycles. The summed E-state index contributed by atoms with van der Waals surface area (Å²) in [6.45, 7) is 5.67. The van der Waals surface area contributed by atoms with Crippen LogP contribution in [0.15, 0.2) is 24.3 Å². The summed E-state index contributed by atoms with van der Waals surface area (Å²) < 4.78 is 5.38. The van der Waals surface area contributed by atoms with Gasteiger partial charge in [0.05, 0.1) is 0 Å². The number of para-hydroxylation sites is 1. The molecule has 94 valence electrons. The van der Waals surface area contributed by atoms with Crippen molar-refractivity contribution in [1.29, 1.82) is 0 Å². The minimum Gasteiger partial charge on any atom is -0.382 e. The van der Waals surface area contributed by atoms with Gasteiger partial charge in [0.2, 0.25) is 0 Å². The highest BCUT2D eigenvalue weighted by Gasteiger charge is 2.20. The number of rotatable bonds is 5. The van der Waals surface area contributed by atoms with Gasteiger partial charge in [0.1, 0.15) is 0 Å². The van der Waals surface area contributed by atoms with E-state index < -0.39 is 0 Å². The summed E-state index contributed by atoms with van der Waals surface area (Å²) in [4.78, 5) is 2.39. The van der Waals surface area contributed by atoms with Gasteiger partial charge in [-0.25, -0.2) is 0 Å². The molecule has 0 saturated carbocycles. The molecule has 1 aliphatic rings. The molecule has 0 saturated heterocycles. The highest BCUT2D eigenvalue weighted by molar-refractivity contribution is 5.56. The lowest BCUT2D eigenvalue weighted by molar-refractivity contribution is 0.146. The Labute approximate surface area is 104 Å². The van der Waals surface area contributed by atoms with Crippen LogP contribution in [0.4, 0.5) is 5.69 Å². The van der Waals surface area contributed by atoms with E-state index >= 15 is 0 Å². The van der Waals surface area contributed by atoms with Crippen molar-refractivity contribution >= 4 is 5.69 Å². The molecule has 0 spiro atoms. The molecule has 3 nitrogen and oxygen atoms in total. The number of ether oxygens (including phenoxy) is 1. The van der Waals surface area contributed by atoms with Crippen molar-refractivity contribution in [3.63, 3.8) is 0 Å². The average molecular weight is 234 g/mol. The van der Waals surface area contributed by atoms with Crippen LogP contribution in [0.5, 0.6) is 0 Å². The second-order valence-corrected chi connectivity index (χ2v) is 4.59. The summed E-state index contributed by atoms with van der Waals surface area (Å²) >= 11 is 0. The molecular formula is C14H22N2O. The minimum atomic E-state index is 0.261. The van der Waals surface area contributed by atoms with Gasteiger partial charge in [-0.1, -0.05) is 18.2 Å². The third kappa shape index (κ3) is 3.20. The van der Waals surface area contributed by atoms with Crippen LogP contribution in [-0.2, 0) is 11.2 Å². The molecule has 1 aromatic rings. The predicted molar refractivity (Wildman–Crippen MR) is 71.4 cm³/mol. The zero-order chi connectivity index (χ0) is 12.1. The van der Waals surface area contributed by atoms with Crippen molar-refractivity contribution < 1.29 is 4.74 Å². The Balaban J connectivity index is 1.97. The van der Waals surface area contributed by atoms with Crippen molar-refractivity contribution in [2.24, 2.45) is 5.73 Å². The maximum Gasteiger partial charge on any atom is 0.0482 e. The highest BCUT2D eigenvalue weighted by Crippen LogP contribution is 2.26. The molecule has 2 rings (SSSR count). The van der Waals surface area contributed by atoms with E-state index in [1.807, 2.05) is 6.92 Å². The number of benzene rings is 1. The van der Waals surface area contributed by atoms with E-state index in [0.717, 1.165) is 39.1 Å². The fraction of sp³-hybridized carbons (Fsp3) is 0.571. The quantitative estimate of drug-likeness (QED) is 0.790. The van der Waals surface area contributed by atoms with Crippen LogP contribution < -0.4 is 10.6 Å². The zero-order valence-electron chi connectivity index (χ0n) is 10.6. The second kappa shape index (κ2) is 6.03. The van der Waals surface area contributed by atoms with Gasteiger partial charge >= 0.3 is 0 Å². The molecule has 0 aliphatic carbocycles. The van der Waals surface area contributed by atoms with Crippen LogP contribution >= 0.6 is 0 Å². The number of fused-ring (bicyclic) bond motifs is 1. The Bertz CT molecular complexity index is 354. The van der Waals surface area contributed by atoms with Gasteiger partial charge in [-0.2, -0.15) is 0 Å². The van der Waals surface area contributed by atoms with E-state index in [4.69, 9.17) is 10.5 Å². The average Bonchev–Trinajstić information content (AvgIpc) is 2.34. The van der Waals surface area contributed by atoms with E-state index in [2.05, 4.69) is 29.2 Å². The van der Waals surface area contributed by atoms with Gasteiger partial charge in [0.25, 0.3) is 0 Å². The summed E-state index contributed by atoms with van der Waals surface area (Å²) in [5, 5.41) is 0. The third-order valence-electron chi connectivity index (χ3n) is 3.19. The molecule has 3 heteroatoms. The van der Waals surface area contributed by atoms with Gasteiger partial charge in [0, 0.05) is 38.0 Å². The van der Waals surface area contributed by atoms with Gasteiger partial charge in [0.15, 0.2) is 0 Å². The Hall–Kier alpha value is -1.06. The molecule has 0 radical (unpaired) electrons. The third-order valence-corrected chi connectivity index (χ3v) is 3.19. The second-order valence-electron chi connectivity index (χ2n) is 4.59. The van der Waals surface area contributed by atoms with Crippen molar-refractivity contribution in [2.75, 3.05) is 31.2 Å². The maximum atomic E-state index is 6.10. The van der Waals surface area contributed by atoms with Crippen molar-refractivity contribution in [3.8, 4) is 0 Å². The zero-order valence-corrected chi connectivity index (χ0v) is 10.6. The van der Waals surface area contributed by atoms with E-state index in [1.165, 1.54) is 11.3 Å². The molecule has 0 aromatic heterocycles. The van der Waals surface area contributed by atoms with Crippen molar-refractivity contribution in [3.05, 3.63) is 29.8 Å². The molecule has 1 unspecified atom stereocenters. The number of anilines is 1. The lowest BCUT2D eigenvalue weighted by Crippen LogP contribution is -2.43. The van der Waals surface area contributed by atoms with Crippen molar-refractivity contribution in [1.82, 2.24) is 0 Å². The van der Waals surface area contributed by atoms with Crippen molar-refractivity contribution in [2.45, 2.75) is 25.8 Å². The van der Waals surface area contributed by atoms with Crippen LogP contribution in [-0.4, -0.2) is 32.3 Å². The topological polar surface area (TPSA) is 38.5 Å². The van der Waals surface area contributed by atoms with E-state index in [9.17, 15) is 0 Å². The largest absolute Gasteiger partial charge is 0.382 e. The first kappa shape index (κ1) is 12.4. The molecule has 1 aromatic carbocycles. The number of hydrogen-bond donors (Lipinski definition) is 1. The number of hydrogen-bond acceptors (Lipinski definition) is 3. The monoisotopic (exact) mass is 234 g/mol. The van der Waals surface area contributed by atoms with E-state index in [-0.39, 0.29) is 6.04 Å². The summed E-state index contributed by atoms with van der Waals surface area (Å²) in [6.07, 6.45) is 2.06. The first-order chi connectivity index (χ1) is 8.31. The lowest BCUT2D eigenvalue weighted by atomic mass is 9.98. The molecule has 0 amide bonds. The normalized spacial score (nSPS) is 19.2. The molecule has 2 N–H and O–H groups in total. The Morgan fingerprint density at radius 2 is 2.24 bits per heavy atom. The van der Waals surface area contributed by atoms with Crippen LogP contribution in [0.25, 0.3) is 0 Å². The fourth-order valence-electron chi connectivity index (χ4n) is 2.43. The van der Waals surface area contributed by atoms with Gasteiger partial charge in [-0.3, -0.25) is 0 Å². The summed E-state index contributed by atoms with van der Waals surface area (Å²) in [7, 11) is 0. The molecule has 0 bridgehead atoms. The summed E-state index contributed by atoms with van der Waals surface area (Å²) in [5.74, 6) is 0. The Morgan fingerprint density at radius 1 is 1.41 bits per heavy atom. The highest BCUT2D eigenvalue weighted by atomic mass is 16.5. The van der Waals surface area contributed by atoms with E-state index in [0.29, 0.717) is 0 Å². The maximum absolute atomic E-state index is 6.10. The number of nitrogens with two attached hydrogens (primary N) is 1. The first-order valence-electron chi connectivity index (χ1n) is 6.47. The molecule has 1 atom stereocenters. The fourth-order valence-corrected chi connectivity index (χ4v) is 2.43. The molecule has 17 heavy (non-hydrogen) atoms. The van der Waals surface area contributed by atoms with Gasteiger partial charge in [-0.05, 0) is 31.4 Å². The summed E-state index contributed by atoms with van der Waals surface area (Å²) in [6, 6.07) is 8.84.